The molecule has 7 heteroatoms. The van der Waals surface area contributed by atoms with E-state index in [-0.39, 0.29) is 23.2 Å². The molecule has 1 heterocycles. The zero-order chi connectivity index (χ0) is 23.4. The van der Waals surface area contributed by atoms with Crippen LogP contribution in [0.1, 0.15) is 33.1 Å². The monoisotopic (exact) mass is 444 g/mol. The fourth-order valence-corrected chi connectivity index (χ4v) is 4.10. The Labute approximate surface area is 193 Å². The number of nitro groups is 1. The second kappa shape index (κ2) is 9.83. The van der Waals surface area contributed by atoms with Gasteiger partial charge in [-0.3, -0.25) is 14.9 Å². The van der Waals surface area contributed by atoms with E-state index in [0.717, 1.165) is 29.8 Å². The molecule has 0 radical (unpaired) electrons. The summed E-state index contributed by atoms with van der Waals surface area (Å²) in [7, 11) is 2.04. The van der Waals surface area contributed by atoms with Crippen LogP contribution in [0, 0.1) is 17.0 Å². The van der Waals surface area contributed by atoms with Gasteiger partial charge in [0.25, 0.3) is 11.6 Å². The molecule has 0 saturated carbocycles. The van der Waals surface area contributed by atoms with Crippen LogP contribution in [0.15, 0.2) is 72.8 Å². The average molecular weight is 445 g/mol. The molecule has 33 heavy (non-hydrogen) atoms. The quantitative estimate of drug-likeness (QED) is 0.456. The third-order valence-electron chi connectivity index (χ3n) is 6.10. The largest absolute Gasteiger partial charge is 0.363 e. The standard InChI is InChI=1S/C26H28N4O3/c1-19-8-10-21(11-9-19)25(20-6-4-3-5-7-20)27-26(31)22-12-13-23(24(18-22)30(32)33)29-16-14-28(2)15-17-29/h3-13,18,25H,14-17H2,1-2H3,(H,27,31). The Morgan fingerprint density at radius 1 is 0.939 bits per heavy atom. The Bertz CT molecular complexity index is 1120. The first kappa shape index (κ1) is 22.5. The lowest BCUT2D eigenvalue weighted by molar-refractivity contribution is -0.384. The molecule has 1 saturated heterocycles. The van der Waals surface area contributed by atoms with Gasteiger partial charge in [-0.15, -0.1) is 0 Å². The summed E-state index contributed by atoms with van der Waals surface area (Å²) in [5, 5.41) is 14.9. The van der Waals surface area contributed by atoms with Gasteiger partial charge >= 0.3 is 0 Å². The number of aryl methyl sites for hydroxylation is 1. The van der Waals surface area contributed by atoms with Gasteiger partial charge in [-0.25, -0.2) is 0 Å². The number of carbonyl (C=O) groups excluding carboxylic acids is 1. The molecular formula is C26H28N4O3. The number of nitro benzene ring substituents is 1. The lowest BCUT2D eigenvalue weighted by Gasteiger charge is -2.33. The molecule has 0 aliphatic carbocycles. The number of rotatable bonds is 6. The van der Waals surface area contributed by atoms with Crippen molar-refractivity contribution in [1.82, 2.24) is 10.2 Å². The van der Waals surface area contributed by atoms with Crippen LogP contribution in [-0.4, -0.2) is 49.0 Å². The van der Waals surface area contributed by atoms with Gasteiger partial charge in [-0.2, -0.15) is 0 Å². The van der Waals surface area contributed by atoms with Crippen LogP contribution < -0.4 is 10.2 Å². The van der Waals surface area contributed by atoms with E-state index < -0.39 is 4.92 Å². The molecule has 1 amide bonds. The Balaban J connectivity index is 1.62. The summed E-state index contributed by atoms with van der Waals surface area (Å²) in [5.41, 5.74) is 3.81. The summed E-state index contributed by atoms with van der Waals surface area (Å²) in [5.74, 6) is -0.350. The third-order valence-corrected chi connectivity index (χ3v) is 6.10. The molecule has 0 spiro atoms. The van der Waals surface area contributed by atoms with Crippen LogP contribution in [0.2, 0.25) is 0 Å². The fraction of sp³-hybridized carbons (Fsp3) is 0.269. The van der Waals surface area contributed by atoms with Crippen molar-refractivity contribution in [1.29, 1.82) is 0 Å². The molecule has 0 bridgehead atoms. The number of nitrogens with zero attached hydrogens (tertiary/aromatic N) is 3. The minimum atomic E-state index is -0.404. The molecule has 0 aromatic heterocycles. The van der Waals surface area contributed by atoms with Crippen molar-refractivity contribution in [3.63, 3.8) is 0 Å². The predicted octanol–water partition coefficient (Wildman–Crippen LogP) is 4.17. The number of hydrogen-bond donors (Lipinski definition) is 1. The third kappa shape index (κ3) is 5.21. The highest BCUT2D eigenvalue weighted by Crippen LogP contribution is 2.31. The number of hydrogen-bond acceptors (Lipinski definition) is 5. The molecule has 3 aromatic rings. The van der Waals surface area contributed by atoms with Crippen LogP contribution >= 0.6 is 0 Å². The van der Waals surface area contributed by atoms with E-state index in [1.54, 1.807) is 12.1 Å². The van der Waals surface area contributed by atoms with E-state index >= 15 is 0 Å². The topological polar surface area (TPSA) is 78.7 Å². The minimum Gasteiger partial charge on any atom is -0.363 e. The molecule has 1 aliphatic heterocycles. The SMILES string of the molecule is Cc1ccc(C(NC(=O)c2ccc(N3CCN(C)CC3)c([N+](=O)[O-])c2)c2ccccc2)cc1. The van der Waals surface area contributed by atoms with Gasteiger partial charge in [0, 0.05) is 37.8 Å². The molecule has 4 rings (SSSR count). The van der Waals surface area contributed by atoms with E-state index in [4.69, 9.17) is 0 Å². The molecule has 1 N–H and O–H groups in total. The van der Waals surface area contributed by atoms with E-state index in [1.165, 1.54) is 6.07 Å². The molecule has 1 atom stereocenters. The normalized spacial score (nSPS) is 15.2. The van der Waals surface area contributed by atoms with Crippen molar-refractivity contribution in [2.45, 2.75) is 13.0 Å². The zero-order valence-electron chi connectivity index (χ0n) is 18.9. The van der Waals surface area contributed by atoms with Crippen LogP contribution in [-0.2, 0) is 0 Å². The first-order valence-electron chi connectivity index (χ1n) is 11.1. The molecule has 7 nitrogen and oxygen atoms in total. The van der Waals surface area contributed by atoms with Gasteiger partial charge < -0.3 is 15.1 Å². The Morgan fingerprint density at radius 2 is 1.58 bits per heavy atom. The van der Waals surface area contributed by atoms with Crippen molar-refractivity contribution in [3.05, 3.63) is 105 Å². The number of benzene rings is 3. The van der Waals surface area contributed by atoms with Gasteiger partial charge in [0.2, 0.25) is 0 Å². The van der Waals surface area contributed by atoms with Crippen LogP contribution in [0.25, 0.3) is 0 Å². The van der Waals surface area contributed by atoms with Crippen molar-refractivity contribution in [3.8, 4) is 0 Å². The van der Waals surface area contributed by atoms with E-state index in [2.05, 4.69) is 10.2 Å². The van der Waals surface area contributed by atoms with Crippen molar-refractivity contribution in [2.24, 2.45) is 0 Å². The summed E-state index contributed by atoms with van der Waals surface area (Å²) >= 11 is 0. The lowest BCUT2D eigenvalue weighted by atomic mass is 9.97. The summed E-state index contributed by atoms with van der Waals surface area (Å²) in [6.45, 7) is 5.13. The molecule has 1 unspecified atom stereocenters. The molecule has 1 aliphatic rings. The highest BCUT2D eigenvalue weighted by atomic mass is 16.6. The van der Waals surface area contributed by atoms with Crippen LogP contribution in [0.4, 0.5) is 11.4 Å². The average Bonchev–Trinajstić information content (AvgIpc) is 2.84. The smallest absolute Gasteiger partial charge is 0.293 e. The summed E-state index contributed by atoms with van der Waals surface area (Å²) in [6.07, 6.45) is 0. The van der Waals surface area contributed by atoms with Gasteiger partial charge in [0.15, 0.2) is 0 Å². The summed E-state index contributed by atoms with van der Waals surface area (Å²) in [6, 6.07) is 22.1. The first-order chi connectivity index (χ1) is 15.9. The fourth-order valence-electron chi connectivity index (χ4n) is 4.10. The van der Waals surface area contributed by atoms with Crippen molar-refractivity contribution >= 4 is 17.3 Å². The number of likely N-dealkylation sites (N-methyl/N-ethyl adjacent to an activating group) is 1. The maximum atomic E-state index is 13.2. The number of amides is 1. The van der Waals surface area contributed by atoms with Gasteiger partial charge in [0.05, 0.1) is 11.0 Å². The summed E-state index contributed by atoms with van der Waals surface area (Å²) < 4.78 is 0. The van der Waals surface area contributed by atoms with Gasteiger partial charge in [0.1, 0.15) is 5.69 Å². The molecule has 1 fully saturated rings. The first-order valence-corrected chi connectivity index (χ1v) is 11.1. The van der Waals surface area contributed by atoms with E-state index in [0.29, 0.717) is 18.8 Å². The maximum Gasteiger partial charge on any atom is 0.293 e. The Hall–Kier alpha value is -3.71. The number of piperazine rings is 1. The van der Waals surface area contributed by atoms with Gasteiger partial charge in [-0.05, 0) is 37.2 Å². The zero-order valence-corrected chi connectivity index (χ0v) is 18.9. The highest BCUT2D eigenvalue weighted by molar-refractivity contribution is 5.96. The number of nitrogens with one attached hydrogen (secondary N) is 1. The van der Waals surface area contributed by atoms with E-state index in [9.17, 15) is 14.9 Å². The van der Waals surface area contributed by atoms with Gasteiger partial charge in [-0.1, -0.05) is 60.2 Å². The van der Waals surface area contributed by atoms with Crippen molar-refractivity contribution < 1.29 is 9.72 Å². The highest BCUT2D eigenvalue weighted by Gasteiger charge is 2.25. The molecule has 170 valence electrons. The number of carbonyl (C=O) groups is 1. The Morgan fingerprint density at radius 3 is 2.21 bits per heavy atom. The molecular weight excluding hydrogens is 416 g/mol. The molecule has 3 aromatic carbocycles. The Kier molecular flexibility index (Phi) is 6.70. The lowest BCUT2D eigenvalue weighted by Crippen LogP contribution is -2.44. The second-order valence-corrected chi connectivity index (χ2v) is 8.48. The van der Waals surface area contributed by atoms with Crippen molar-refractivity contribution in [2.75, 3.05) is 38.1 Å². The maximum absolute atomic E-state index is 13.2. The summed E-state index contributed by atoms with van der Waals surface area (Å²) in [4.78, 5) is 28.9. The van der Waals surface area contributed by atoms with Crippen LogP contribution in [0.5, 0.6) is 0 Å². The van der Waals surface area contributed by atoms with E-state index in [1.807, 2.05) is 73.5 Å². The second-order valence-electron chi connectivity index (χ2n) is 8.48. The number of anilines is 1. The van der Waals surface area contributed by atoms with Crippen LogP contribution in [0.3, 0.4) is 0 Å². The minimum absolute atomic E-state index is 0.0428. The predicted molar refractivity (Wildman–Crippen MR) is 130 cm³/mol.